The number of carbonyl (C=O) groups excluding carboxylic acids is 2. The Labute approximate surface area is 214 Å². The zero-order valence-corrected chi connectivity index (χ0v) is 20.5. The third-order valence-electron chi connectivity index (χ3n) is 5.20. The van der Waals surface area contributed by atoms with Crippen molar-refractivity contribution in [1.82, 2.24) is 0 Å². The molecule has 0 unspecified atom stereocenters. The fourth-order valence-electron chi connectivity index (χ4n) is 3.48. The molecule has 1 saturated heterocycles. The Hall–Kier alpha value is -3.63. The Morgan fingerprint density at radius 2 is 1.72 bits per heavy atom. The highest BCUT2D eigenvalue weighted by Crippen LogP contribution is 2.37. The van der Waals surface area contributed by atoms with Gasteiger partial charge in [0.15, 0.2) is 10.9 Å². The summed E-state index contributed by atoms with van der Waals surface area (Å²) < 4.78 is 45.1. The molecule has 0 bridgehead atoms. The van der Waals surface area contributed by atoms with Crippen molar-refractivity contribution >= 4 is 57.6 Å². The average Bonchev–Trinajstić information content (AvgIpc) is 3.11. The van der Waals surface area contributed by atoms with Gasteiger partial charge in [-0.3, -0.25) is 14.5 Å². The third-order valence-corrected chi connectivity index (χ3v) is 6.51. The van der Waals surface area contributed by atoms with Crippen LogP contribution in [0.3, 0.4) is 0 Å². The molecule has 0 spiro atoms. The second kappa shape index (κ2) is 10.5. The lowest BCUT2D eigenvalue weighted by Crippen LogP contribution is -2.28. The van der Waals surface area contributed by atoms with E-state index in [0.717, 1.165) is 22.9 Å². The number of aryl methyl sites for hydroxylation is 1. The van der Waals surface area contributed by atoms with Crippen LogP contribution in [-0.2, 0) is 15.8 Å². The van der Waals surface area contributed by atoms with E-state index < -0.39 is 24.3 Å². The summed E-state index contributed by atoms with van der Waals surface area (Å²) in [5.74, 6) is -0.593. The molecule has 0 atom stereocenters. The van der Waals surface area contributed by atoms with Crippen LogP contribution in [0.2, 0.25) is 0 Å². The molecule has 2 amide bonds. The van der Waals surface area contributed by atoms with Crippen LogP contribution in [0.25, 0.3) is 6.08 Å². The Morgan fingerprint density at radius 3 is 2.42 bits per heavy atom. The van der Waals surface area contributed by atoms with Crippen LogP contribution in [0.15, 0.2) is 77.7 Å². The number of amides is 2. The molecule has 1 heterocycles. The molecule has 10 heteroatoms. The zero-order valence-electron chi connectivity index (χ0n) is 18.8. The van der Waals surface area contributed by atoms with Gasteiger partial charge < -0.3 is 10.1 Å². The number of hydrogen-bond donors (Lipinski definition) is 1. The number of anilines is 2. The first-order valence-electron chi connectivity index (χ1n) is 10.7. The molecule has 0 aromatic heterocycles. The first-order valence-corrected chi connectivity index (χ1v) is 11.9. The largest absolute Gasteiger partial charge is 0.484 e. The molecule has 5 nitrogen and oxygen atoms in total. The fraction of sp³-hybridized carbons (Fsp3) is 0.115. The average molecular weight is 529 g/mol. The quantitative estimate of drug-likeness (QED) is 0.295. The topological polar surface area (TPSA) is 58.6 Å². The molecule has 3 aromatic carbocycles. The smallest absolute Gasteiger partial charge is 0.418 e. The maximum absolute atomic E-state index is 13.1. The Balaban J connectivity index is 1.38. The summed E-state index contributed by atoms with van der Waals surface area (Å²) in [4.78, 5) is 27.1. The van der Waals surface area contributed by atoms with Crippen LogP contribution in [-0.4, -0.2) is 22.7 Å². The Bertz CT molecular complexity index is 1360. The monoisotopic (exact) mass is 528 g/mol. The molecule has 0 saturated carbocycles. The van der Waals surface area contributed by atoms with Gasteiger partial charge in [0.1, 0.15) is 5.75 Å². The highest BCUT2D eigenvalue weighted by atomic mass is 32.2. The first-order chi connectivity index (χ1) is 17.1. The van der Waals surface area contributed by atoms with Gasteiger partial charge in [0.2, 0.25) is 0 Å². The summed E-state index contributed by atoms with van der Waals surface area (Å²) in [5, 5.41) is 2.23. The lowest BCUT2D eigenvalue weighted by atomic mass is 10.1. The van der Waals surface area contributed by atoms with E-state index in [1.165, 1.54) is 34.9 Å². The molecule has 1 aliphatic rings. The number of para-hydroxylation sites is 2. The normalized spacial score (nSPS) is 14.9. The number of halogens is 3. The number of benzene rings is 3. The van der Waals surface area contributed by atoms with Gasteiger partial charge in [-0.1, -0.05) is 66.4 Å². The minimum absolute atomic E-state index is 0.213. The van der Waals surface area contributed by atoms with Crippen molar-refractivity contribution in [2.24, 2.45) is 0 Å². The predicted octanol–water partition coefficient (Wildman–Crippen LogP) is 6.44. The molecule has 1 N–H and O–H groups in total. The van der Waals surface area contributed by atoms with Gasteiger partial charge in [-0.25, -0.2) is 0 Å². The van der Waals surface area contributed by atoms with E-state index in [0.29, 0.717) is 15.0 Å². The van der Waals surface area contributed by atoms with E-state index in [9.17, 15) is 22.8 Å². The van der Waals surface area contributed by atoms with Crippen LogP contribution < -0.4 is 15.0 Å². The number of nitrogens with one attached hydrogen (secondary N) is 1. The number of rotatable bonds is 6. The fourth-order valence-corrected chi connectivity index (χ4v) is 4.76. The van der Waals surface area contributed by atoms with E-state index in [2.05, 4.69) is 5.32 Å². The maximum Gasteiger partial charge on any atom is 0.418 e. The molecule has 3 aromatic rings. The van der Waals surface area contributed by atoms with Crippen LogP contribution in [0.4, 0.5) is 24.5 Å². The molecule has 4 rings (SSSR count). The van der Waals surface area contributed by atoms with E-state index in [-0.39, 0.29) is 11.6 Å². The van der Waals surface area contributed by atoms with Gasteiger partial charge >= 0.3 is 6.18 Å². The standard InChI is InChI=1S/C26H19F3N2O3S2/c1-16-6-2-5-9-21(16)31-24(33)22(36-25(31)35)14-17-10-12-18(13-11-17)34-15-23(32)30-20-8-4-3-7-19(20)26(27,28)29/h2-14H,15H2,1H3,(H,30,32)/b22-14-. The maximum atomic E-state index is 13.1. The SMILES string of the molecule is Cc1ccccc1N1C(=O)/C(=C/c2ccc(OCC(=O)Nc3ccccc3C(F)(F)F)cc2)SC1=S. The van der Waals surface area contributed by atoms with Crippen LogP contribution >= 0.6 is 24.0 Å². The highest BCUT2D eigenvalue weighted by Gasteiger charge is 2.34. The summed E-state index contributed by atoms with van der Waals surface area (Å²) in [6.45, 7) is 1.44. The molecule has 1 fully saturated rings. The third kappa shape index (κ3) is 5.77. The lowest BCUT2D eigenvalue weighted by Gasteiger charge is -2.16. The number of ether oxygens (including phenoxy) is 1. The van der Waals surface area contributed by atoms with Crippen LogP contribution in [0.5, 0.6) is 5.75 Å². The molecular weight excluding hydrogens is 509 g/mol. The summed E-state index contributed by atoms with van der Waals surface area (Å²) >= 11 is 6.62. The second-order valence-corrected chi connectivity index (χ2v) is 9.43. The zero-order chi connectivity index (χ0) is 25.9. The van der Waals surface area contributed by atoms with Gasteiger partial charge in [0, 0.05) is 0 Å². The highest BCUT2D eigenvalue weighted by molar-refractivity contribution is 8.27. The minimum atomic E-state index is -4.59. The van der Waals surface area contributed by atoms with Crippen molar-refractivity contribution in [2.45, 2.75) is 13.1 Å². The van der Waals surface area contributed by atoms with Crippen molar-refractivity contribution in [2.75, 3.05) is 16.8 Å². The Morgan fingerprint density at radius 1 is 1.06 bits per heavy atom. The Kier molecular flexibility index (Phi) is 7.46. The summed E-state index contributed by atoms with van der Waals surface area (Å²) in [5.41, 5.74) is 1.12. The van der Waals surface area contributed by atoms with Gasteiger partial charge in [-0.2, -0.15) is 13.2 Å². The number of carbonyl (C=O) groups is 2. The van der Waals surface area contributed by atoms with Gasteiger partial charge in [-0.15, -0.1) is 0 Å². The van der Waals surface area contributed by atoms with Crippen LogP contribution in [0.1, 0.15) is 16.7 Å². The van der Waals surface area contributed by atoms with Crippen LogP contribution in [0, 0.1) is 6.92 Å². The van der Waals surface area contributed by atoms with E-state index >= 15 is 0 Å². The van der Waals surface area contributed by atoms with E-state index in [4.69, 9.17) is 17.0 Å². The molecule has 0 radical (unpaired) electrons. The van der Waals surface area contributed by atoms with Gasteiger partial charge in [0.25, 0.3) is 11.8 Å². The summed E-state index contributed by atoms with van der Waals surface area (Å²) in [7, 11) is 0. The van der Waals surface area contributed by atoms with Crippen molar-refractivity contribution < 1.29 is 27.5 Å². The second-order valence-electron chi connectivity index (χ2n) is 7.75. The number of thioether (sulfide) groups is 1. The van der Waals surface area contributed by atoms with Crippen molar-refractivity contribution in [3.63, 3.8) is 0 Å². The summed E-state index contributed by atoms with van der Waals surface area (Å²) in [6, 6.07) is 18.8. The summed E-state index contributed by atoms with van der Waals surface area (Å²) in [6.07, 6.45) is -2.88. The molecule has 1 aliphatic heterocycles. The lowest BCUT2D eigenvalue weighted by molar-refractivity contribution is -0.137. The van der Waals surface area contributed by atoms with Gasteiger partial charge in [0.05, 0.1) is 21.8 Å². The van der Waals surface area contributed by atoms with Crippen molar-refractivity contribution in [1.29, 1.82) is 0 Å². The van der Waals surface area contributed by atoms with E-state index in [1.807, 2.05) is 31.2 Å². The predicted molar refractivity (Wildman–Crippen MR) is 139 cm³/mol. The van der Waals surface area contributed by atoms with Crippen molar-refractivity contribution in [3.8, 4) is 5.75 Å². The van der Waals surface area contributed by atoms with Crippen molar-refractivity contribution in [3.05, 3.63) is 94.4 Å². The number of thiocarbonyl (C=S) groups is 1. The van der Waals surface area contributed by atoms with E-state index in [1.54, 1.807) is 30.3 Å². The minimum Gasteiger partial charge on any atom is -0.484 e. The molecular formula is C26H19F3N2O3S2. The molecule has 184 valence electrons. The number of nitrogens with zero attached hydrogens (tertiary/aromatic N) is 1. The number of hydrogen-bond acceptors (Lipinski definition) is 5. The van der Waals surface area contributed by atoms with Gasteiger partial charge in [-0.05, 0) is 54.5 Å². The molecule has 36 heavy (non-hydrogen) atoms. The number of alkyl halides is 3. The molecule has 0 aliphatic carbocycles. The first kappa shape index (κ1) is 25.5.